The molecular formula is C20H18ClN3O3. The molecule has 1 N–H and O–H groups in total. The van der Waals surface area contributed by atoms with Crippen molar-refractivity contribution in [3.05, 3.63) is 82.6 Å². The van der Waals surface area contributed by atoms with Gasteiger partial charge in [-0.3, -0.25) is 4.79 Å². The van der Waals surface area contributed by atoms with E-state index < -0.39 is 5.97 Å². The van der Waals surface area contributed by atoms with Crippen LogP contribution in [0.15, 0.2) is 60.8 Å². The Balaban J connectivity index is 1.50. The number of rotatable bonds is 6. The monoisotopic (exact) mass is 383 g/mol. The second kappa shape index (κ2) is 8.51. The number of esters is 1. The van der Waals surface area contributed by atoms with Gasteiger partial charge < -0.3 is 10.1 Å². The van der Waals surface area contributed by atoms with E-state index in [1.165, 1.54) is 0 Å². The Labute approximate surface area is 161 Å². The van der Waals surface area contributed by atoms with Crippen molar-refractivity contribution in [1.29, 1.82) is 0 Å². The van der Waals surface area contributed by atoms with Crippen molar-refractivity contribution in [1.82, 2.24) is 15.1 Å². The molecule has 138 valence electrons. The fraction of sp³-hybridized carbons (Fsp3) is 0.150. The van der Waals surface area contributed by atoms with Gasteiger partial charge in [0.05, 0.1) is 11.3 Å². The summed E-state index contributed by atoms with van der Waals surface area (Å²) in [5.41, 5.74) is 3.06. The maximum Gasteiger partial charge on any atom is 0.338 e. The summed E-state index contributed by atoms with van der Waals surface area (Å²) in [6.45, 7) is 1.91. The zero-order valence-corrected chi connectivity index (χ0v) is 15.4. The van der Waals surface area contributed by atoms with Crippen LogP contribution >= 0.6 is 11.6 Å². The van der Waals surface area contributed by atoms with Crippen LogP contribution in [0, 0.1) is 6.92 Å². The third-order valence-electron chi connectivity index (χ3n) is 3.89. The van der Waals surface area contributed by atoms with E-state index in [9.17, 15) is 9.59 Å². The van der Waals surface area contributed by atoms with E-state index in [1.807, 2.05) is 19.1 Å². The number of nitrogens with one attached hydrogen (secondary N) is 1. The number of amides is 1. The number of benzene rings is 2. The van der Waals surface area contributed by atoms with Crippen molar-refractivity contribution in [3.8, 4) is 5.69 Å². The van der Waals surface area contributed by atoms with Crippen LogP contribution in [0.4, 0.5) is 0 Å². The van der Waals surface area contributed by atoms with Crippen LogP contribution in [-0.4, -0.2) is 28.3 Å². The highest BCUT2D eigenvalue weighted by molar-refractivity contribution is 6.30. The summed E-state index contributed by atoms with van der Waals surface area (Å²) in [6, 6.07) is 15.9. The summed E-state index contributed by atoms with van der Waals surface area (Å²) in [4.78, 5) is 23.9. The average Bonchev–Trinajstić information content (AvgIpc) is 3.10. The lowest BCUT2D eigenvalue weighted by Gasteiger charge is -2.08. The Morgan fingerprint density at radius 1 is 1.15 bits per heavy atom. The predicted octanol–water partition coefficient (Wildman–Crippen LogP) is 3.31. The van der Waals surface area contributed by atoms with Gasteiger partial charge in [0.25, 0.3) is 5.91 Å². The minimum absolute atomic E-state index is 0.314. The number of aryl methyl sites for hydroxylation is 1. The zero-order valence-electron chi connectivity index (χ0n) is 14.7. The highest BCUT2D eigenvalue weighted by Gasteiger charge is 2.11. The SMILES string of the molecule is Cc1ccnn1-c1ccc(C(=O)OCC(=O)NCc2cccc(Cl)c2)cc1. The highest BCUT2D eigenvalue weighted by Crippen LogP contribution is 2.12. The molecule has 7 heteroatoms. The zero-order chi connectivity index (χ0) is 19.2. The largest absolute Gasteiger partial charge is 0.452 e. The average molecular weight is 384 g/mol. The molecule has 0 atom stereocenters. The predicted molar refractivity (Wildman–Crippen MR) is 102 cm³/mol. The van der Waals surface area contributed by atoms with Gasteiger partial charge in [-0.2, -0.15) is 5.10 Å². The van der Waals surface area contributed by atoms with Crippen molar-refractivity contribution in [3.63, 3.8) is 0 Å². The molecule has 2 aromatic carbocycles. The van der Waals surface area contributed by atoms with E-state index in [1.54, 1.807) is 53.3 Å². The summed E-state index contributed by atoms with van der Waals surface area (Å²) < 4.78 is 6.82. The van der Waals surface area contributed by atoms with Crippen LogP contribution in [0.3, 0.4) is 0 Å². The van der Waals surface area contributed by atoms with Gasteiger partial charge in [0.1, 0.15) is 0 Å². The summed E-state index contributed by atoms with van der Waals surface area (Å²) >= 11 is 5.90. The van der Waals surface area contributed by atoms with Gasteiger partial charge in [-0.05, 0) is 55.0 Å². The Morgan fingerprint density at radius 2 is 1.93 bits per heavy atom. The summed E-state index contributed by atoms with van der Waals surface area (Å²) in [5, 5.41) is 7.49. The molecule has 0 fully saturated rings. The number of ether oxygens (including phenoxy) is 1. The maximum atomic E-state index is 12.1. The molecule has 0 saturated heterocycles. The molecule has 1 heterocycles. The van der Waals surface area contributed by atoms with E-state index in [2.05, 4.69) is 10.4 Å². The lowest BCUT2D eigenvalue weighted by atomic mass is 10.2. The quantitative estimate of drug-likeness (QED) is 0.663. The molecule has 0 aliphatic carbocycles. The topological polar surface area (TPSA) is 73.2 Å². The van der Waals surface area contributed by atoms with Crippen LogP contribution in [0.1, 0.15) is 21.6 Å². The number of hydrogen-bond donors (Lipinski definition) is 1. The van der Waals surface area contributed by atoms with Crippen molar-refractivity contribution in [2.24, 2.45) is 0 Å². The van der Waals surface area contributed by atoms with Gasteiger partial charge in [0, 0.05) is 23.5 Å². The van der Waals surface area contributed by atoms with Gasteiger partial charge in [0.15, 0.2) is 6.61 Å². The van der Waals surface area contributed by atoms with Gasteiger partial charge in [-0.25, -0.2) is 9.48 Å². The van der Waals surface area contributed by atoms with Crippen LogP contribution in [0.25, 0.3) is 5.69 Å². The molecule has 6 nitrogen and oxygen atoms in total. The molecule has 27 heavy (non-hydrogen) atoms. The van der Waals surface area contributed by atoms with Gasteiger partial charge in [-0.1, -0.05) is 23.7 Å². The lowest BCUT2D eigenvalue weighted by molar-refractivity contribution is -0.124. The first kappa shape index (κ1) is 18.7. The van der Waals surface area contributed by atoms with Gasteiger partial charge in [-0.15, -0.1) is 0 Å². The number of nitrogens with zero attached hydrogens (tertiary/aromatic N) is 2. The first-order chi connectivity index (χ1) is 13.0. The Bertz CT molecular complexity index is 951. The van der Waals surface area contributed by atoms with E-state index in [0.29, 0.717) is 17.1 Å². The number of aromatic nitrogens is 2. The molecule has 0 unspecified atom stereocenters. The number of carbonyl (C=O) groups is 2. The fourth-order valence-electron chi connectivity index (χ4n) is 2.49. The Kier molecular flexibility index (Phi) is 5.88. The first-order valence-corrected chi connectivity index (χ1v) is 8.70. The molecule has 0 radical (unpaired) electrons. The van der Waals surface area contributed by atoms with Gasteiger partial charge in [0.2, 0.25) is 0 Å². The molecule has 0 aliphatic rings. The maximum absolute atomic E-state index is 12.1. The molecule has 1 aromatic heterocycles. The van der Waals surface area contributed by atoms with Crippen molar-refractivity contribution in [2.45, 2.75) is 13.5 Å². The second-order valence-corrected chi connectivity index (χ2v) is 6.35. The second-order valence-electron chi connectivity index (χ2n) is 5.91. The molecule has 0 aliphatic heterocycles. The third kappa shape index (κ3) is 4.95. The van der Waals surface area contributed by atoms with Crippen molar-refractivity contribution in [2.75, 3.05) is 6.61 Å². The number of hydrogen-bond acceptors (Lipinski definition) is 4. The minimum atomic E-state index is -0.559. The van der Waals surface area contributed by atoms with E-state index in [-0.39, 0.29) is 12.5 Å². The fourth-order valence-corrected chi connectivity index (χ4v) is 2.70. The highest BCUT2D eigenvalue weighted by atomic mass is 35.5. The number of halogens is 1. The van der Waals surface area contributed by atoms with Crippen LogP contribution in [0.2, 0.25) is 5.02 Å². The molecule has 3 aromatic rings. The minimum Gasteiger partial charge on any atom is -0.452 e. The van der Waals surface area contributed by atoms with Crippen LogP contribution < -0.4 is 5.32 Å². The Hall–Kier alpha value is -3.12. The normalized spacial score (nSPS) is 10.4. The smallest absolute Gasteiger partial charge is 0.338 e. The van der Waals surface area contributed by atoms with E-state index in [4.69, 9.17) is 16.3 Å². The summed E-state index contributed by atoms with van der Waals surface area (Å²) in [7, 11) is 0. The van der Waals surface area contributed by atoms with Gasteiger partial charge >= 0.3 is 5.97 Å². The molecular weight excluding hydrogens is 366 g/mol. The van der Waals surface area contributed by atoms with Crippen LogP contribution in [0.5, 0.6) is 0 Å². The first-order valence-electron chi connectivity index (χ1n) is 8.32. The summed E-state index contributed by atoms with van der Waals surface area (Å²) in [5.74, 6) is -0.941. The molecule has 3 rings (SSSR count). The third-order valence-corrected chi connectivity index (χ3v) is 4.13. The molecule has 1 amide bonds. The molecule has 0 spiro atoms. The van der Waals surface area contributed by atoms with E-state index in [0.717, 1.165) is 16.9 Å². The van der Waals surface area contributed by atoms with E-state index >= 15 is 0 Å². The van der Waals surface area contributed by atoms with Crippen molar-refractivity contribution < 1.29 is 14.3 Å². The molecule has 0 bridgehead atoms. The lowest BCUT2D eigenvalue weighted by Crippen LogP contribution is -2.28. The number of carbonyl (C=O) groups excluding carboxylic acids is 2. The van der Waals surface area contributed by atoms with Crippen molar-refractivity contribution >= 4 is 23.5 Å². The van der Waals surface area contributed by atoms with Crippen LogP contribution in [-0.2, 0) is 16.1 Å². The molecule has 0 saturated carbocycles. The summed E-state index contributed by atoms with van der Waals surface area (Å²) in [6.07, 6.45) is 1.71. The standard InChI is InChI=1S/C20H18ClN3O3/c1-14-9-10-23-24(14)18-7-5-16(6-8-18)20(26)27-13-19(25)22-12-15-3-2-4-17(21)11-15/h2-11H,12-13H2,1H3,(H,22,25). The Morgan fingerprint density at radius 3 is 2.59 bits per heavy atom.